The summed E-state index contributed by atoms with van der Waals surface area (Å²) in [7, 11) is 4.01. The molecule has 2 rings (SSSR count). The maximum atomic E-state index is 12.4. The molecule has 6 heteroatoms. The number of aromatic nitrogens is 1. The number of hydrogen-bond donors (Lipinski definition) is 1. The van der Waals surface area contributed by atoms with Gasteiger partial charge in [-0.1, -0.05) is 0 Å². The van der Waals surface area contributed by atoms with Crippen molar-refractivity contribution in [2.24, 2.45) is 0 Å². The molecule has 0 aromatic carbocycles. The molecule has 2 heterocycles. The number of likely N-dealkylation sites (N-methyl/N-ethyl adjacent to an activating group) is 1. The topological polar surface area (TPSA) is 54.5 Å². The van der Waals surface area contributed by atoms with Crippen LogP contribution >= 0.6 is 11.3 Å². The molecule has 0 radical (unpaired) electrons. The van der Waals surface area contributed by atoms with E-state index in [2.05, 4.69) is 26.6 Å². The predicted molar refractivity (Wildman–Crippen MR) is 88.5 cm³/mol. The Balaban J connectivity index is 2.06. The molecule has 0 spiro atoms. The third-order valence-corrected chi connectivity index (χ3v) is 4.01. The average Bonchev–Trinajstić information content (AvgIpc) is 3.02. The van der Waals surface area contributed by atoms with Crippen molar-refractivity contribution in [1.82, 2.24) is 15.2 Å². The van der Waals surface area contributed by atoms with Crippen LogP contribution in [-0.2, 0) is 0 Å². The van der Waals surface area contributed by atoms with E-state index in [9.17, 15) is 4.79 Å². The second kappa shape index (κ2) is 7.91. The highest BCUT2D eigenvalue weighted by Crippen LogP contribution is 2.20. The highest BCUT2D eigenvalue weighted by molar-refractivity contribution is 7.07. The Bertz CT molecular complexity index is 599. The number of ether oxygens (including phenoxy) is 1. The van der Waals surface area contributed by atoms with Crippen LogP contribution in [0, 0.1) is 0 Å². The van der Waals surface area contributed by atoms with Crippen LogP contribution in [0.2, 0.25) is 0 Å². The smallest absolute Gasteiger partial charge is 0.256 e. The molecular weight excluding hydrogens is 298 g/mol. The molecule has 5 nitrogen and oxygen atoms in total. The van der Waals surface area contributed by atoms with Gasteiger partial charge in [0.25, 0.3) is 5.91 Å². The number of nitrogens with zero attached hydrogens (tertiary/aromatic N) is 2. The number of nitrogens with one attached hydrogen (secondary N) is 1. The number of carbonyl (C=O) groups excluding carboxylic acids is 1. The van der Waals surface area contributed by atoms with Crippen molar-refractivity contribution in [2.45, 2.75) is 13.0 Å². The van der Waals surface area contributed by atoms with Gasteiger partial charge in [-0.2, -0.15) is 11.3 Å². The van der Waals surface area contributed by atoms with Crippen molar-refractivity contribution >= 4 is 17.2 Å². The number of hydrogen-bond acceptors (Lipinski definition) is 5. The summed E-state index contributed by atoms with van der Waals surface area (Å²) in [4.78, 5) is 18.6. The van der Waals surface area contributed by atoms with E-state index in [1.54, 1.807) is 29.7 Å². The standard InChI is InChI=1S/C16H21N3O2S/c1-4-21-16-13(6-5-8-17-16)15(20)18-10-14(19(2)3)12-7-9-22-11-12/h5-9,11,14H,4,10H2,1-3H3,(H,18,20). The van der Waals surface area contributed by atoms with Crippen LogP contribution in [-0.4, -0.2) is 43.0 Å². The maximum absolute atomic E-state index is 12.4. The Labute approximate surface area is 134 Å². The molecule has 0 aliphatic carbocycles. The summed E-state index contributed by atoms with van der Waals surface area (Å²) in [5.74, 6) is 0.207. The van der Waals surface area contributed by atoms with Crippen LogP contribution in [0.15, 0.2) is 35.2 Å². The molecule has 22 heavy (non-hydrogen) atoms. The van der Waals surface area contributed by atoms with E-state index >= 15 is 0 Å². The predicted octanol–water partition coefficient (Wildman–Crippen LogP) is 2.57. The quantitative estimate of drug-likeness (QED) is 0.852. The summed E-state index contributed by atoms with van der Waals surface area (Å²) in [6, 6.07) is 5.68. The second-order valence-corrected chi connectivity index (χ2v) is 5.82. The van der Waals surface area contributed by atoms with Gasteiger partial charge in [-0.15, -0.1) is 0 Å². The molecule has 0 saturated carbocycles. The minimum atomic E-state index is -0.168. The Morgan fingerprint density at radius 2 is 2.27 bits per heavy atom. The van der Waals surface area contributed by atoms with Gasteiger partial charge in [0.05, 0.1) is 12.6 Å². The number of thiophene rings is 1. The Hall–Kier alpha value is -1.92. The van der Waals surface area contributed by atoms with Crippen molar-refractivity contribution in [1.29, 1.82) is 0 Å². The first kappa shape index (κ1) is 16.5. The van der Waals surface area contributed by atoms with E-state index in [0.717, 1.165) is 0 Å². The first-order valence-electron chi connectivity index (χ1n) is 7.18. The number of pyridine rings is 1. The Morgan fingerprint density at radius 1 is 1.45 bits per heavy atom. The van der Waals surface area contributed by atoms with Gasteiger partial charge in [0.1, 0.15) is 5.56 Å². The van der Waals surface area contributed by atoms with E-state index in [1.807, 2.05) is 26.4 Å². The fourth-order valence-corrected chi connectivity index (χ4v) is 2.87. The largest absolute Gasteiger partial charge is 0.477 e. The van der Waals surface area contributed by atoms with Gasteiger partial charge in [-0.3, -0.25) is 4.79 Å². The summed E-state index contributed by atoms with van der Waals surface area (Å²) in [6.45, 7) is 2.88. The van der Waals surface area contributed by atoms with E-state index in [-0.39, 0.29) is 11.9 Å². The fraction of sp³-hybridized carbons (Fsp3) is 0.375. The molecule has 1 atom stereocenters. The molecule has 0 fully saturated rings. The van der Waals surface area contributed by atoms with Crippen LogP contribution in [0.5, 0.6) is 5.88 Å². The Morgan fingerprint density at radius 3 is 2.91 bits per heavy atom. The third kappa shape index (κ3) is 4.05. The summed E-state index contributed by atoms with van der Waals surface area (Å²) >= 11 is 1.66. The van der Waals surface area contributed by atoms with Gasteiger partial charge < -0.3 is 15.0 Å². The van der Waals surface area contributed by atoms with Gasteiger partial charge >= 0.3 is 0 Å². The van der Waals surface area contributed by atoms with Crippen LogP contribution in [0.1, 0.15) is 28.9 Å². The molecule has 118 valence electrons. The lowest BCUT2D eigenvalue weighted by Crippen LogP contribution is -2.34. The van der Waals surface area contributed by atoms with Gasteiger partial charge in [-0.05, 0) is 55.5 Å². The van der Waals surface area contributed by atoms with Gasteiger partial charge in [0.2, 0.25) is 5.88 Å². The van der Waals surface area contributed by atoms with Crippen molar-refractivity contribution in [3.8, 4) is 5.88 Å². The molecular formula is C16H21N3O2S. The lowest BCUT2D eigenvalue weighted by Gasteiger charge is -2.24. The lowest BCUT2D eigenvalue weighted by molar-refractivity contribution is 0.0937. The molecule has 2 aromatic rings. The zero-order chi connectivity index (χ0) is 15.9. The molecule has 2 aromatic heterocycles. The van der Waals surface area contributed by atoms with Crippen molar-refractivity contribution < 1.29 is 9.53 Å². The lowest BCUT2D eigenvalue weighted by atomic mass is 10.1. The normalized spacial score (nSPS) is 12.2. The molecule has 1 N–H and O–H groups in total. The minimum absolute atomic E-state index is 0.141. The zero-order valence-electron chi connectivity index (χ0n) is 13.1. The van der Waals surface area contributed by atoms with Crippen LogP contribution in [0.25, 0.3) is 0 Å². The molecule has 0 aliphatic rings. The summed E-state index contributed by atoms with van der Waals surface area (Å²) in [5, 5.41) is 7.12. The summed E-state index contributed by atoms with van der Waals surface area (Å²) in [6.07, 6.45) is 1.62. The second-order valence-electron chi connectivity index (χ2n) is 5.04. The number of rotatable bonds is 7. The molecule has 0 aliphatic heterocycles. The number of amides is 1. The van der Waals surface area contributed by atoms with Crippen molar-refractivity contribution in [2.75, 3.05) is 27.2 Å². The third-order valence-electron chi connectivity index (χ3n) is 3.30. The first-order valence-corrected chi connectivity index (χ1v) is 8.12. The van der Waals surface area contributed by atoms with Crippen LogP contribution in [0.4, 0.5) is 0 Å². The highest BCUT2D eigenvalue weighted by atomic mass is 32.1. The maximum Gasteiger partial charge on any atom is 0.256 e. The van der Waals surface area contributed by atoms with Gasteiger partial charge in [0.15, 0.2) is 0 Å². The van der Waals surface area contributed by atoms with Crippen LogP contribution in [0.3, 0.4) is 0 Å². The monoisotopic (exact) mass is 319 g/mol. The van der Waals surface area contributed by atoms with E-state index < -0.39 is 0 Å². The van der Waals surface area contributed by atoms with Crippen molar-refractivity contribution in [3.05, 3.63) is 46.3 Å². The molecule has 0 bridgehead atoms. The van der Waals surface area contributed by atoms with Crippen molar-refractivity contribution in [3.63, 3.8) is 0 Å². The van der Waals surface area contributed by atoms with E-state index in [1.165, 1.54) is 5.56 Å². The Kier molecular flexibility index (Phi) is 5.91. The fourth-order valence-electron chi connectivity index (χ4n) is 2.16. The van der Waals surface area contributed by atoms with E-state index in [0.29, 0.717) is 24.6 Å². The van der Waals surface area contributed by atoms with Gasteiger partial charge in [0, 0.05) is 12.7 Å². The number of carbonyl (C=O) groups is 1. The summed E-state index contributed by atoms with van der Waals surface area (Å²) in [5.41, 5.74) is 1.67. The highest BCUT2D eigenvalue weighted by Gasteiger charge is 2.18. The average molecular weight is 319 g/mol. The van der Waals surface area contributed by atoms with Gasteiger partial charge in [-0.25, -0.2) is 4.98 Å². The molecule has 0 saturated heterocycles. The zero-order valence-corrected chi connectivity index (χ0v) is 13.9. The molecule has 1 amide bonds. The minimum Gasteiger partial charge on any atom is -0.477 e. The van der Waals surface area contributed by atoms with E-state index in [4.69, 9.17) is 4.74 Å². The molecule has 1 unspecified atom stereocenters. The van der Waals surface area contributed by atoms with Crippen LogP contribution < -0.4 is 10.1 Å². The first-order chi connectivity index (χ1) is 10.6. The summed E-state index contributed by atoms with van der Waals surface area (Å²) < 4.78 is 5.40. The SMILES string of the molecule is CCOc1ncccc1C(=O)NCC(c1ccsc1)N(C)C.